The number of methoxy groups -OCH3 is 1. The van der Waals surface area contributed by atoms with Crippen LogP contribution in [-0.2, 0) is 26.2 Å². The molecule has 222 valence electrons. The highest BCUT2D eigenvalue weighted by atomic mass is 32.1. The zero-order valence-corrected chi connectivity index (χ0v) is 24.5. The molecule has 0 unspecified atom stereocenters. The Hall–Kier alpha value is -3.84. The maximum absolute atomic E-state index is 13.8. The van der Waals surface area contributed by atoms with Gasteiger partial charge in [-0.15, -0.1) is 11.3 Å². The van der Waals surface area contributed by atoms with Crippen molar-refractivity contribution in [3.8, 4) is 17.4 Å². The van der Waals surface area contributed by atoms with E-state index in [1.807, 2.05) is 30.6 Å². The minimum absolute atomic E-state index is 0.155. The summed E-state index contributed by atoms with van der Waals surface area (Å²) < 4.78 is 14.0. The molecular weight excluding hydrogens is 558 g/mol. The highest BCUT2D eigenvalue weighted by Crippen LogP contribution is 2.46. The molecule has 0 spiro atoms. The Balaban J connectivity index is 1.29. The van der Waals surface area contributed by atoms with Crippen LogP contribution in [0.2, 0.25) is 0 Å². The fourth-order valence-corrected chi connectivity index (χ4v) is 6.75. The third-order valence-corrected chi connectivity index (χ3v) is 9.32. The molecule has 1 saturated carbocycles. The molecule has 3 aliphatic rings. The molecule has 0 aromatic carbocycles. The van der Waals surface area contributed by atoms with E-state index >= 15 is 0 Å². The van der Waals surface area contributed by atoms with Crippen molar-refractivity contribution in [3.63, 3.8) is 0 Å². The second-order valence-corrected chi connectivity index (χ2v) is 12.2. The van der Waals surface area contributed by atoms with Gasteiger partial charge in [0.1, 0.15) is 28.1 Å². The summed E-state index contributed by atoms with van der Waals surface area (Å²) in [5.41, 5.74) is 6.69. The maximum atomic E-state index is 13.8. The highest BCUT2D eigenvalue weighted by Gasteiger charge is 2.62. The number of amides is 2. The summed E-state index contributed by atoms with van der Waals surface area (Å²) in [5, 5.41) is 9.09. The lowest BCUT2D eigenvalue weighted by molar-refractivity contribution is -0.148. The molecular formula is C29H35N7O5S. The molecule has 1 saturated heterocycles. The van der Waals surface area contributed by atoms with Gasteiger partial charge in [-0.25, -0.2) is 9.78 Å². The second kappa shape index (κ2) is 11.4. The predicted molar refractivity (Wildman–Crippen MR) is 155 cm³/mol. The number of nitrogens with zero attached hydrogens (tertiary/aromatic N) is 5. The number of aryl methyl sites for hydroxylation is 1. The first-order valence-electron chi connectivity index (χ1n) is 14.3. The Bertz CT molecular complexity index is 1540. The zero-order valence-electron chi connectivity index (χ0n) is 23.7. The molecule has 5 atom stereocenters. The first-order chi connectivity index (χ1) is 20.3. The van der Waals surface area contributed by atoms with Gasteiger partial charge in [0.25, 0.3) is 0 Å². The summed E-state index contributed by atoms with van der Waals surface area (Å²) in [4.78, 5) is 51.1. The van der Waals surface area contributed by atoms with Crippen molar-refractivity contribution >= 4 is 39.3 Å². The summed E-state index contributed by atoms with van der Waals surface area (Å²) in [6, 6.07) is 2.13. The average Bonchev–Trinajstić information content (AvgIpc) is 3.38. The normalized spacial score (nSPS) is 28.4. The smallest absolute Gasteiger partial charge is 0.332 e. The van der Waals surface area contributed by atoms with Gasteiger partial charge in [-0.2, -0.15) is 10.1 Å². The van der Waals surface area contributed by atoms with Crippen LogP contribution < -0.4 is 15.8 Å². The molecule has 13 heteroatoms. The number of carbonyl (C=O) groups excluding carboxylic acids is 3. The van der Waals surface area contributed by atoms with Gasteiger partial charge in [-0.1, -0.05) is 25.0 Å². The molecule has 6 rings (SSSR count). The largest absolute Gasteiger partial charge is 0.471 e. The average molecular weight is 594 g/mol. The van der Waals surface area contributed by atoms with E-state index < -0.39 is 35.6 Å². The van der Waals surface area contributed by atoms with Crippen LogP contribution in [0.3, 0.4) is 0 Å². The van der Waals surface area contributed by atoms with Crippen LogP contribution in [0.1, 0.15) is 44.9 Å². The number of hydrogen-bond acceptors (Lipinski definition) is 10. The van der Waals surface area contributed by atoms with Crippen molar-refractivity contribution in [2.45, 2.75) is 68.7 Å². The van der Waals surface area contributed by atoms with Gasteiger partial charge >= 0.3 is 5.97 Å². The highest BCUT2D eigenvalue weighted by molar-refractivity contribution is 7.17. The summed E-state index contributed by atoms with van der Waals surface area (Å²) in [7, 11) is 3.13. The van der Waals surface area contributed by atoms with E-state index in [0.29, 0.717) is 24.5 Å². The fraction of sp³-hybridized carbons (Fsp3) is 0.517. The molecule has 1 aliphatic carbocycles. The summed E-state index contributed by atoms with van der Waals surface area (Å²) >= 11 is 1.46. The standard InChI is InChI=1S/C29H35N7O5S/c1-35-21(10-12-31-35)24-32-20-11-13-42-23(20)26(33-24)41-18-14-22-25(37)34-29(28(39)40-2)15-17(29)8-6-4-3-5-7-9-19(30)27(38)36(22)16-18/h6,8,10-13,17-19,22H,3-5,7,9,14-16,30H2,1-2H3,(H,34,37)/t17-,18-,19+,22+,29-/m1/s1. The molecule has 2 fully saturated rings. The van der Waals surface area contributed by atoms with Crippen molar-refractivity contribution in [1.82, 2.24) is 30.0 Å². The fourth-order valence-electron chi connectivity index (χ4n) is 5.99. The lowest BCUT2D eigenvalue weighted by atomic mass is 10.1. The van der Waals surface area contributed by atoms with Gasteiger partial charge in [-0.05, 0) is 43.2 Å². The zero-order chi connectivity index (χ0) is 29.4. The molecule has 0 bridgehead atoms. The quantitative estimate of drug-likeness (QED) is 0.343. The molecule has 2 amide bonds. The third-order valence-electron chi connectivity index (χ3n) is 8.43. The van der Waals surface area contributed by atoms with Crippen LogP contribution in [0.25, 0.3) is 21.7 Å². The summed E-state index contributed by atoms with van der Waals surface area (Å²) in [5.74, 6) is -0.510. The second-order valence-electron chi connectivity index (χ2n) is 11.2. The van der Waals surface area contributed by atoms with Gasteiger partial charge in [0.15, 0.2) is 5.82 Å². The SMILES string of the molecule is COC(=O)[C@@]12C[C@H]1C=CCCCCC[C@H](N)C(=O)N1C[C@H](Oc3nc(-c4ccnn4C)nc4ccsc34)C[C@H]1C(=O)N2. The molecule has 3 aromatic rings. The van der Waals surface area contributed by atoms with Gasteiger partial charge in [-0.3, -0.25) is 14.3 Å². The molecule has 42 heavy (non-hydrogen) atoms. The van der Waals surface area contributed by atoms with Crippen LogP contribution in [0.4, 0.5) is 0 Å². The van der Waals surface area contributed by atoms with Crippen molar-refractivity contribution < 1.29 is 23.9 Å². The van der Waals surface area contributed by atoms with Crippen molar-refractivity contribution in [2.24, 2.45) is 18.7 Å². The maximum Gasteiger partial charge on any atom is 0.332 e. The van der Waals surface area contributed by atoms with Gasteiger partial charge in [0.2, 0.25) is 17.7 Å². The van der Waals surface area contributed by atoms with E-state index in [0.717, 1.165) is 41.6 Å². The minimum Gasteiger partial charge on any atom is -0.471 e. The van der Waals surface area contributed by atoms with E-state index in [-0.39, 0.29) is 24.8 Å². The summed E-state index contributed by atoms with van der Waals surface area (Å²) in [6.07, 6.45) is 9.98. The van der Waals surface area contributed by atoms with Gasteiger partial charge in [0, 0.05) is 25.6 Å². The van der Waals surface area contributed by atoms with Crippen LogP contribution in [0.5, 0.6) is 5.88 Å². The number of thiophene rings is 1. The van der Waals surface area contributed by atoms with E-state index in [9.17, 15) is 14.4 Å². The summed E-state index contributed by atoms with van der Waals surface area (Å²) in [6.45, 7) is 0.164. The van der Waals surface area contributed by atoms with E-state index in [2.05, 4.69) is 21.5 Å². The molecule has 2 aliphatic heterocycles. The molecule has 3 N–H and O–H groups in total. The van der Waals surface area contributed by atoms with Crippen LogP contribution in [0, 0.1) is 5.92 Å². The Morgan fingerprint density at radius 1 is 1.21 bits per heavy atom. The monoisotopic (exact) mass is 593 g/mol. The Morgan fingerprint density at radius 2 is 2.07 bits per heavy atom. The van der Waals surface area contributed by atoms with Crippen molar-refractivity contribution in [3.05, 3.63) is 35.9 Å². The first kappa shape index (κ1) is 28.3. The number of hydrogen-bond donors (Lipinski definition) is 2. The number of aromatic nitrogens is 4. The van der Waals surface area contributed by atoms with Crippen LogP contribution in [-0.4, -0.2) is 79.8 Å². The molecule has 0 radical (unpaired) electrons. The lowest BCUT2D eigenvalue weighted by Crippen LogP contribution is -2.55. The van der Waals surface area contributed by atoms with Gasteiger partial charge in [0.05, 0.1) is 25.2 Å². The van der Waals surface area contributed by atoms with E-state index in [1.165, 1.54) is 23.3 Å². The number of nitrogens with two attached hydrogens (primary N) is 1. The number of rotatable bonds is 4. The Morgan fingerprint density at radius 3 is 2.86 bits per heavy atom. The van der Waals surface area contributed by atoms with Crippen LogP contribution >= 0.6 is 11.3 Å². The molecule has 5 heterocycles. The Kier molecular flexibility index (Phi) is 7.71. The van der Waals surface area contributed by atoms with Crippen molar-refractivity contribution in [2.75, 3.05) is 13.7 Å². The van der Waals surface area contributed by atoms with E-state index in [1.54, 1.807) is 10.9 Å². The number of carbonyl (C=O) groups is 3. The number of fused-ring (bicyclic) bond motifs is 3. The number of esters is 1. The topological polar surface area (TPSA) is 155 Å². The number of allylic oxidation sites excluding steroid dienone is 1. The molecule has 12 nitrogen and oxygen atoms in total. The van der Waals surface area contributed by atoms with Crippen LogP contribution in [0.15, 0.2) is 35.9 Å². The Labute approximate surface area is 247 Å². The molecule has 3 aromatic heterocycles. The van der Waals surface area contributed by atoms with Crippen molar-refractivity contribution in [1.29, 1.82) is 0 Å². The first-order valence-corrected chi connectivity index (χ1v) is 15.2. The number of nitrogens with one attached hydrogen (secondary N) is 1. The van der Waals surface area contributed by atoms with Gasteiger partial charge < -0.3 is 25.4 Å². The minimum atomic E-state index is -1.13. The van der Waals surface area contributed by atoms with E-state index in [4.69, 9.17) is 20.2 Å². The predicted octanol–water partition coefficient (Wildman–Crippen LogP) is 2.34. The lowest BCUT2D eigenvalue weighted by Gasteiger charge is -2.28. The number of ether oxygens (including phenoxy) is 2. The third kappa shape index (κ3) is 5.26.